The van der Waals surface area contributed by atoms with Crippen molar-refractivity contribution in [2.24, 2.45) is 0 Å². The summed E-state index contributed by atoms with van der Waals surface area (Å²) in [5.41, 5.74) is 0.619. The Bertz CT molecular complexity index is 974. The Kier molecular flexibility index (Phi) is 6.49. The number of benzene rings is 1. The van der Waals surface area contributed by atoms with Crippen LogP contribution in [-0.4, -0.2) is 31.4 Å². The molecule has 29 heavy (non-hydrogen) atoms. The first kappa shape index (κ1) is 20.8. The number of carbonyl (C=O) groups excluding carboxylic acids is 2. The first-order valence-electron chi connectivity index (χ1n) is 9.85. The molecule has 2 N–H and O–H groups in total. The number of ether oxygens (including phenoxy) is 1. The molecule has 1 aromatic carbocycles. The molecule has 7 nitrogen and oxygen atoms in total. The molecule has 1 atom stereocenters. The van der Waals surface area contributed by atoms with Crippen LogP contribution in [0.25, 0.3) is 0 Å². The van der Waals surface area contributed by atoms with Gasteiger partial charge in [0.05, 0.1) is 12.3 Å². The average Bonchev–Trinajstić information content (AvgIpc) is 2.69. The monoisotopic (exact) mass is 398 g/mol. The summed E-state index contributed by atoms with van der Waals surface area (Å²) in [7, 11) is 0. The third-order valence-corrected chi connectivity index (χ3v) is 5.03. The zero-order valence-corrected chi connectivity index (χ0v) is 17.0. The molecule has 1 amide bonds. The van der Waals surface area contributed by atoms with Crippen LogP contribution < -0.4 is 21.0 Å². The number of rotatable bonds is 6. The van der Waals surface area contributed by atoms with Crippen molar-refractivity contribution in [1.82, 2.24) is 5.32 Å². The van der Waals surface area contributed by atoms with Gasteiger partial charge >= 0.3 is 5.63 Å². The summed E-state index contributed by atoms with van der Waals surface area (Å²) in [5.74, 6) is 0.433. The molecule has 0 bridgehead atoms. The maximum atomic E-state index is 12.9. The van der Waals surface area contributed by atoms with Gasteiger partial charge in [-0.05, 0) is 70.0 Å². The number of anilines is 1. The predicted octanol–water partition coefficient (Wildman–Crippen LogP) is 3.27. The molecule has 1 saturated heterocycles. The van der Waals surface area contributed by atoms with E-state index in [0.29, 0.717) is 34.9 Å². The molecule has 1 aliphatic heterocycles. The summed E-state index contributed by atoms with van der Waals surface area (Å²) in [4.78, 5) is 37.1. The highest BCUT2D eigenvalue weighted by Crippen LogP contribution is 2.28. The van der Waals surface area contributed by atoms with Crippen LogP contribution in [0.5, 0.6) is 5.75 Å². The minimum atomic E-state index is -0.663. The number of hydrogen-bond donors (Lipinski definition) is 2. The topological polar surface area (TPSA) is 97.6 Å². The van der Waals surface area contributed by atoms with Crippen LogP contribution in [0.3, 0.4) is 0 Å². The first-order chi connectivity index (χ1) is 13.9. The van der Waals surface area contributed by atoms with E-state index in [9.17, 15) is 14.4 Å². The first-order valence-corrected chi connectivity index (χ1v) is 9.85. The SMILES string of the molecule is CCOc1ccc(C(C)=O)cc1NC(=O)c1c(C)cc(C2CCCNC2)oc1=O. The molecule has 0 spiro atoms. The van der Waals surface area contributed by atoms with Gasteiger partial charge in [-0.2, -0.15) is 0 Å². The number of Topliss-reactive ketones (excluding diaryl/α,β-unsaturated/α-hetero) is 1. The van der Waals surface area contributed by atoms with E-state index in [0.717, 1.165) is 25.9 Å². The second kappa shape index (κ2) is 9.05. The van der Waals surface area contributed by atoms with Crippen molar-refractivity contribution >= 4 is 17.4 Å². The van der Waals surface area contributed by atoms with Crippen molar-refractivity contribution in [2.45, 2.75) is 39.5 Å². The lowest BCUT2D eigenvalue weighted by molar-refractivity contribution is 0.100. The number of ketones is 1. The van der Waals surface area contributed by atoms with Crippen molar-refractivity contribution in [3.8, 4) is 5.75 Å². The second-order valence-electron chi connectivity index (χ2n) is 7.19. The number of nitrogens with one attached hydrogen (secondary N) is 2. The molecule has 0 radical (unpaired) electrons. The van der Waals surface area contributed by atoms with Gasteiger partial charge in [-0.15, -0.1) is 0 Å². The van der Waals surface area contributed by atoms with Gasteiger partial charge in [-0.25, -0.2) is 4.79 Å². The standard InChI is InChI=1S/C22H26N2O5/c1-4-28-18-8-7-15(14(3)25)11-17(18)24-21(26)20-13(2)10-19(29-22(20)27)16-6-5-9-23-12-16/h7-8,10-11,16,23H,4-6,9,12H2,1-3H3,(H,24,26). The van der Waals surface area contributed by atoms with E-state index in [1.54, 1.807) is 31.2 Å². The van der Waals surface area contributed by atoms with Gasteiger partial charge in [0.15, 0.2) is 5.78 Å². The highest BCUT2D eigenvalue weighted by atomic mass is 16.5. The minimum Gasteiger partial charge on any atom is -0.492 e. The lowest BCUT2D eigenvalue weighted by Gasteiger charge is -2.22. The third kappa shape index (κ3) is 4.74. The molecular weight excluding hydrogens is 372 g/mol. The molecule has 0 aliphatic carbocycles. The van der Waals surface area contributed by atoms with Crippen LogP contribution in [0.2, 0.25) is 0 Å². The zero-order valence-electron chi connectivity index (χ0n) is 17.0. The van der Waals surface area contributed by atoms with Gasteiger partial charge in [0.1, 0.15) is 17.1 Å². The molecule has 1 fully saturated rings. The van der Waals surface area contributed by atoms with Crippen LogP contribution in [0.15, 0.2) is 33.5 Å². The van der Waals surface area contributed by atoms with Gasteiger partial charge in [-0.1, -0.05) is 0 Å². The number of aryl methyl sites for hydroxylation is 1. The average molecular weight is 398 g/mol. The highest BCUT2D eigenvalue weighted by Gasteiger charge is 2.23. The van der Waals surface area contributed by atoms with Crippen LogP contribution in [0, 0.1) is 6.92 Å². The van der Waals surface area contributed by atoms with Gasteiger partial charge < -0.3 is 19.8 Å². The van der Waals surface area contributed by atoms with Crippen LogP contribution in [-0.2, 0) is 0 Å². The van der Waals surface area contributed by atoms with E-state index >= 15 is 0 Å². The van der Waals surface area contributed by atoms with Crippen LogP contribution in [0.1, 0.15) is 64.6 Å². The fraction of sp³-hybridized carbons (Fsp3) is 0.409. The van der Waals surface area contributed by atoms with E-state index in [2.05, 4.69) is 10.6 Å². The summed E-state index contributed by atoms with van der Waals surface area (Å²) in [6.07, 6.45) is 1.96. The Morgan fingerprint density at radius 1 is 1.31 bits per heavy atom. The Balaban J connectivity index is 1.90. The van der Waals surface area contributed by atoms with Crippen molar-refractivity contribution in [3.63, 3.8) is 0 Å². The Hall–Kier alpha value is -2.93. The van der Waals surface area contributed by atoms with Crippen LogP contribution >= 0.6 is 0 Å². The Morgan fingerprint density at radius 2 is 2.10 bits per heavy atom. The minimum absolute atomic E-state index is 0.0480. The normalized spacial score (nSPS) is 16.3. The molecular formula is C22H26N2O5. The molecule has 1 unspecified atom stereocenters. The number of amides is 1. The third-order valence-electron chi connectivity index (χ3n) is 5.03. The van der Waals surface area contributed by atoms with Crippen molar-refractivity contribution in [2.75, 3.05) is 25.0 Å². The van der Waals surface area contributed by atoms with E-state index in [1.807, 2.05) is 6.92 Å². The van der Waals surface area contributed by atoms with Gasteiger partial charge in [0, 0.05) is 18.0 Å². The highest BCUT2D eigenvalue weighted by molar-refractivity contribution is 6.06. The maximum absolute atomic E-state index is 12.9. The number of piperidine rings is 1. The summed E-state index contributed by atoms with van der Waals surface area (Å²) < 4.78 is 11.0. The number of carbonyl (C=O) groups is 2. The predicted molar refractivity (Wildman–Crippen MR) is 110 cm³/mol. The molecule has 154 valence electrons. The summed E-state index contributed by atoms with van der Waals surface area (Å²) in [6, 6.07) is 6.58. The quantitative estimate of drug-likeness (QED) is 0.725. The van der Waals surface area contributed by atoms with E-state index in [-0.39, 0.29) is 17.3 Å². The number of hydrogen-bond acceptors (Lipinski definition) is 6. The Labute approximate surface area is 169 Å². The summed E-state index contributed by atoms with van der Waals surface area (Å²) >= 11 is 0. The van der Waals surface area contributed by atoms with Crippen molar-refractivity contribution in [1.29, 1.82) is 0 Å². The molecule has 1 aliphatic rings. The largest absolute Gasteiger partial charge is 0.492 e. The summed E-state index contributed by atoms with van der Waals surface area (Å²) in [5, 5.41) is 5.99. The maximum Gasteiger partial charge on any atom is 0.349 e. The van der Waals surface area contributed by atoms with Crippen LogP contribution in [0.4, 0.5) is 5.69 Å². The lowest BCUT2D eigenvalue weighted by atomic mass is 9.95. The molecule has 0 saturated carbocycles. The van der Waals surface area contributed by atoms with Gasteiger partial charge in [0.2, 0.25) is 0 Å². The molecule has 2 heterocycles. The lowest BCUT2D eigenvalue weighted by Crippen LogP contribution is -2.30. The fourth-order valence-corrected chi connectivity index (χ4v) is 3.51. The van der Waals surface area contributed by atoms with E-state index < -0.39 is 11.5 Å². The molecule has 2 aromatic rings. The zero-order chi connectivity index (χ0) is 21.0. The van der Waals surface area contributed by atoms with Gasteiger partial charge in [0.25, 0.3) is 5.91 Å². The van der Waals surface area contributed by atoms with Crippen molar-refractivity contribution < 1.29 is 18.7 Å². The summed E-state index contributed by atoms with van der Waals surface area (Å²) in [6.45, 7) is 7.10. The van der Waals surface area contributed by atoms with Gasteiger partial charge in [-0.3, -0.25) is 9.59 Å². The molecule has 3 rings (SSSR count). The smallest absolute Gasteiger partial charge is 0.349 e. The van der Waals surface area contributed by atoms with E-state index in [4.69, 9.17) is 9.15 Å². The molecule has 1 aromatic heterocycles. The van der Waals surface area contributed by atoms with Crippen molar-refractivity contribution in [3.05, 3.63) is 57.1 Å². The molecule has 7 heteroatoms. The fourth-order valence-electron chi connectivity index (χ4n) is 3.51. The van der Waals surface area contributed by atoms with E-state index in [1.165, 1.54) is 6.92 Å². The second-order valence-corrected chi connectivity index (χ2v) is 7.19. The Morgan fingerprint density at radius 3 is 2.72 bits per heavy atom.